The summed E-state index contributed by atoms with van der Waals surface area (Å²) in [6.07, 6.45) is 2.81. The van der Waals surface area contributed by atoms with Gasteiger partial charge in [0.05, 0.1) is 19.3 Å². The molecule has 0 aliphatic carbocycles. The second-order valence-electron chi connectivity index (χ2n) is 7.62. The number of nitrogens with one attached hydrogen (secondary N) is 1. The van der Waals surface area contributed by atoms with Crippen molar-refractivity contribution < 1.29 is 9.15 Å². The van der Waals surface area contributed by atoms with Crippen LogP contribution in [-0.2, 0) is 6.54 Å². The standard InChI is InChI=1S/C24H28N4O2.HI/c1-17-4-6-19(7-5-17)23-27-21(16-30-23)14-26-24(25-2)28-13-12-20(15-28)18-8-10-22(29-3)11-9-18;/h4-11,16,20H,12-15H2,1-3H3,(H,25,26);1H. The van der Waals surface area contributed by atoms with Gasteiger partial charge in [-0.15, -0.1) is 24.0 Å². The normalized spacial score (nSPS) is 16.2. The summed E-state index contributed by atoms with van der Waals surface area (Å²) in [5.41, 5.74) is 4.40. The first-order valence-electron chi connectivity index (χ1n) is 10.3. The maximum atomic E-state index is 5.66. The zero-order chi connectivity index (χ0) is 20.9. The van der Waals surface area contributed by atoms with Gasteiger partial charge in [0.2, 0.25) is 5.89 Å². The molecule has 0 spiro atoms. The number of aromatic nitrogens is 1. The second kappa shape index (κ2) is 10.7. The summed E-state index contributed by atoms with van der Waals surface area (Å²) in [7, 11) is 3.52. The van der Waals surface area contributed by atoms with E-state index in [0.29, 0.717) is 18.4 Å². The number of likely N-dealkylation sites (tertiary alicyclic amines) is 1. The predicted molar refractivity (Wildman–Crippen MR) is 134 cm³/mol. The van der Waals surface area contributed by atoms with E-state index in [2.05, 4.69) is 51.4 Å². The lowest BCUT2D eigenvalue weighted by Gasteiger charge is -2.21. The summed E-state index contributed by atoms with van der Waals surface area (Å²) in [4.78, 5) is 11.4. The third-order valence-corrected chi connectivity index (χ3v) is 5.56. The van der Waals surface area contributed by atoms with E-state index in [9.17, 15) is 0 Å². The quantitative estimate of drug-likeness (QED) is 0.290. The van der Waals surface area contributed by atoms with Crippen molar-refractivity contribution in [3.05, 3.63) is 71.6 Å². The number of oxazole rings is 1. The SMILES string of the molecule is CN=C(NCc1coc(-c2ccc(C)cc2)n1)N1CCC(c2ccc(OC)cc2)C1.I. The minimum absolute atomic E-state index is 0. The number of hydrogen-bond acceptors (Lipinski definition) is 4. The zero-order valence-corrected chi connectivity index (χ0v) is 20.5. The van der Waals surface area contributed by atoms with E-state index in [0.717, 1.165) is 42.5 Å². The van der Waals surface area contributed by atoms with Gasteiger partial charge in [0.1, 0.15) is 12.0 Å². The molecule has 1 N–H and O–H groups in total. The Morgan fingerprint density at radius 1 is 1.19 bits per heavy atom. The van der Waals surface area contributed by atoms with Crippen LogP contribution in [0.4, 0.5) is 0 Å². The van der Waals surface area contributed by atoms with Crippen molar-refractivity contribution >= 4 is 29.9 Å². The number of methoxy groups -OCH3 is 1. The van der Waals surface area contributed by atoms with E-state index in [1.807, 2.05) is 31.3 Å². The molecular formula is C24H29IN4O2. The maximum absolute atomic E-state index is 5.66. The van der Waals surface area contributed by atoms with E-state index < -0.39 is 0 Å². The number of ether oxygens (including phenoxy) is 1. The molecule has 6 nitrogen and oxygen atoms in total. The predicted octanol–water partition coefficient (Wildman–Crippen LogP) is 4.84. The van der Waals surface area contributed by atoms with Gasteiger partial charge in [-0.25, -0.2) is 4.98 Å². The van der Waals surface area contributed by atoms with Crippen LogP contribution in [0.2, 0.25) is 0 Å². The van der Waals surface area contributed by atoms with Crippen molar-refractivity contribution in [1.29, 1.82) is 0 Å². The van der Waals surface area contributed by atoms with E-state index in [-0.39, 0.29) is 24.0 Å². The Hall–Kier alpha value is -2.55. The van der Waals surface area contributed by atoms with Crippen molar-refractivity contribution in [3.63, 3.8) is 0 Å². The summed E-state index contributed by atoms with van der Waals surface area (Å²) < 4.78 is 10.9. The van der Waals surface area contributed by atoms with Gasteiger partial charge in [-0.3, -0.25) is 4.99 Å². The molecule has 0 amide bonds. The monoisotopic (exact) mass is 532 g/mol. The van der Waals surface area contributed by atoms with Gasteiger partial charge in [0.15, 0.2) is 5.96 Å². The summed E-state index contributed by atoms with van der Waals surface area (Å²) in [5, 5.41) is 3.43. The molecule has 164 valence electrons. The minimum Gasteiger partial charge on any atom is -0.497 e. The topological polar surface area (TPSA) is 62.9 Å². The largest absolute Gasteiger partial charge is 0.497 e. The average molecular weight is 532 g/mol. The molecule has 7 heteroatoms. The van der Waals surface area contributed by atoms with Crippen molar-refractivity contribution in [2.75, 3.05) is 27.2 Å². The number of rotatable bonds is 5. The molecule has 2 aromatic carbocycles. The lowest BCUT2D eigenvalue weighted by Crippen LogP contribution is -2.39. The fraction of sp³-hybridized carbons (Fsp3) is 0.333. The first kappa shape index (κ1) is 23.1. The van der Waals surface area contributed by atoms with Gasteiger partial charge in [-0.1, -0.05) is 29.8 Å². The number of aliphatic imine (C=N–C) groups is 1. The van der Waals surface area contributed by atoms with Crippen molar-refractivity contribution in [3.8, 4) is 17.2 Å². The van der Waals surface area contributed by atoms with E-state index in [4.69, 9.17) is 9.15 Å². The summed E-state index contributed by atoms with van der Waals surface area (Å²) in [6.45, 7) is 4.56. The number of aryl methyl sites for hydroxylation is 1. The van der Waals surface area contributed by atoms with Crippen LogP contribution >= 0.6 is 24.0 Å². The van der Waals surface area contributed by atoms with Gasteiger partial charge in [-0.05, 0) is 43.2 Å². The molecule has 2 heterocycles. The molecule has 0 bridgehead atoms. The van der Waals surface area contributed by atoms with E-state index in [1.165, 1.54) is 11.1 Å². The number of benzene rings is 2. The molecule has 1 fully saturated rings. The lowest BCUT2D eigenvalue weighted by molar-refractivity contribution is 0.414. The lowest BCUT2D eigenvalue weighted by atomic mass is 9.98. The number of nitrogens with zero attached hydrogens (tertiary/aromatic N) is 3. The molecule has 1 unspecified atom stereocenters. The summed E-state index contributed by atoms with van der Waals surface area (Å²) in [5.74, 6) is 2.92. The molecule has 1 atom stereocenters. The van der Waals surface area contributed by atoms with Gasteiger partial charge >= 0.3 is 0 Å². The Bertz CT molecular complexity index is 999. The molecule has 1 aliphatic heterocycles. The minimum atomic E-state index is 0. The van der Waals surface area contributed by atoms with Crippen molar-refractivity contribution in [1.82, 2.24) is 15.2 Å². The van der Waals surface area contributed by atoms with Crippen LogP contribution in [-0.4, -0.2) is 43.1 Å². The average Bonchev–Trinajstić information content (AvgIpc) is 3.45. The Labute approximate surface area is 200 Å². The second-order valence-corrected chi connectivity index (χ2v) is 7.62. The van der Waals surface area contributed by atoms with Crippen LogP contribution in [0.25, 0.3) is 11.5 Å². The molecule has 1 aromatic heterocycles. The van der Waals surface area contributed by atoms with Crippen LogP contribution < -0.4 is 10.1 Å². The van der Waals surface area contributed by atoms with Crippen molar-refractivity contribution in [2.45, 2.75) is 25.8 Å². The fourth-order valence-corrected chi connectivity index (χ4v) is 3.82. The summed E-state index contributed by atoms with van der Waals surface area (Å²) >= 11 is 0. The Morgan fingerprint density at radius 3 is 2.61 bits per heavy atom. The number of guanidine groups is 1. The van der Waals surface area contributed by atoms with Gasteiger partial charge in [0, 0.05) is 31.6 Å². The zero-order valence-electron chi connectivity index (χ0n) is 18.2. The van der Waals surface area contributed by atoms with Gasteiger partial charge in [0.25, 0.3) is 0 Å². The summed E-state index contributed by atoms with van der Waals surface area (Å²) in [6, 6.07) is 16.6. The van der Waals surface area contributed by atoms with Crippen molar-refractivity contribution in [2.24, 2.45) is 4.99 Å². The van der Waals surface area contributed by atoms with Crippen LogP contribution in [0, 0.1) is 6.92 Å². The molecule has 0 saturated carbocycles. The fourth-order valence-electron chi connectivity index (χ4n) is 3.82. The number of halogens is 1. The van der Waals surface area contributed by atoms with E-state index in [1.54, 1.807) is 13.4 Å². The smallest absolute Gasteiger partial charge is 0.226 e. The maximum Gasteiger partial charge on any atom is 0.226 e. The highest BCUT2D eigenvalue weighted by Crippen LogP contribution is 2.28. The third-order valence-electron chi connectivity index (χ3n) is 5.56. The highest BCUT2D eigenvalue weighted by Gasteiger charge is 2.26. The van der Waals surface area contributed by atoms with Crippen LogP contribution in [0.3, 0.4) is 0 Å². The van der Waals surface area contributed by atoms with Gasteiger partial charge in [-0.2, -0.15) is 0 Å². The van der Waals surface area contributed by atoms with Crippen LogP contribution in [0.1, 0.15) is 29.2 Å². The van der Waals surface area contributed by atoms with Crippen LogP contribution in [0.5, 0.6) is 5.75 Å². The molecule has 31 heavy (non-hydrogen) atoms. The first-order valence-corrected chi connectivity index (χ1v) is 10.3. The Kier molecular flexibility index (Phi) is 7.95. The molecule has 1 aliphatic rings. The third kappa shape index (κ3) is 5.58. The highest BCUT2D eigenvalue weighted by molar-refractivity contribution is 14.0. The first-order chi connectivity index (χ1) is 14.7. The highest BCUT2D eigenvalue weighted by atomic mass is 127. The molecule has 3 aromatic rings. The molecule has 0 radical (unpaired) electrons. The van der Waals surface area contributed by atoms with Gasteiger partial charge < -0.3 is 19.4 Å². The van der Waals surface area contributed by atoms with Crippen LogP contribution in [0.15, 0.2) is 64.2 Å². The molecule has 1 saturated heterocycles. The molecular weight excluding hydrogens is 503 g/mol. The Morgan fingerprint density at radius 2 is 1.94 bits per heavy atom. The number of hydrogen-bond donors (Lipinski definition) is 1. The van der Waals surface area contributed by atoms with E-state index >= 15 is 0 Å². The molecule has 4 rings (SSSR count). The Balaban J connectivity index is 0.00000272.